The molecule has 2 heterocycles. The molecule has 1 atom stereocenters. The summed E-state index contributed by atoms with van der Waals surface area (Å²) in [4.78, 5) is 24.1. The molecule has 0 radical (unpaired) electrons. The number of imide groups is 1. The van der Waals surface area contributed by atoms with Crippen LogP contribution in [0, 0.1) is 0 Å². The second kappa shape index (κ2) is 7.72. The van der Waals surface area contributed by atoms with Crippen LogP contribution in [0.3, 0.4) is 0 Å². The average Bonchev–Trinajstić information content (AvgIpc) is 3.02. The molecule has 1 saturated heterocycles. The van der Waals surface area contributed by atoms with Gasteiger partial charge in [0, 0.05) is 24.4 Å². The molecule has 9 heteroatoms. The Morgan fingerprint density at radius 1 is 1.07 bits per heavy atom. The normalized spacial score (nSPS) is 19.8. The Kier molecular flexibility index (Phi) is 5.26. The molecule has 1 N–H and O–H groups in total. The summed E-state index contributed by atoms with van der Waals surface area (Å²) in [5, 5.41) is 2.37. The van der Waals surface area contributed by atoms with E-state index < -0.39 is 6.36 Å². The first kappa shape index (κ1) is 19.8. The van der Waals surface area contributed by atoms with Gasteiger partial charge in [-0.2, -0.15) is 0 Å². The fourth-order valence-electron chi connectivity index (χ4n) is 3.55. The van der Waals surface area contributed by atoms with Crippen molar-refractivity contribution >= 4 is 23.8 Å². The first-order valence-electron chi connectivity index (χ1n) is 9.01. The lowest BCUT2D eigenvalue weighted by atomic mass is 9.89. The number of carbonyl (C=O) groups is 2. The number of amides is 2. The summed E-state index contributed by atoms with van der Waals surface area (Å²) in [6, 6.07) is 11.7. The van der Waals surface area contributed by atoms with E-state index in [9.17, 15) is 22.8 Å². The Morgan fingerprint density at radius 3 is 2.62 bits per heavy atom. The van der Waals surface area contributed by atoms with Crippen molar-refractivity contribution in [1.82, 2.24) is 9.62 Å². The zero-order chi connectivity index (χ0) is 20.6. The molecular weight excluding hydrogens is 405 g/mol. The maximum absolute atomic E-state index is 12.4. The molecule has 0 bridgehead atoms. The number of piperidine rings is 1. The topological polar surface area (TPSA) is 58.6 Å². The standard InChI is InChI=1S/C20H17F3N2O3S/c21-20(22,23)28-15-2-1-3-16(9-15)29-25-10-13-5-4-12(8-14(13)11-25)17-6-7-18(26)24-19(17)27/h1-5,8-9,17H,6-7,10-11H2,(H,24,26,27). The summed E-state index contributed by atoms with van der Waals surface area (Å²) >= 11 is 1.35. The third-order valence-corrected chi connectivity index (χ3v) is 5.82. The van der Waals surface area contributed by atoms with E-state index in [2.05, 4.69) is 10.1 Å². The fraction of sp³-hybridized carbons (Fsp3) is 0.300. The highest BCUT2D eigenvalue weighted by Crippen LogP contribution is 2.36. The van der Waals surface area contributed by atoms with Crippen LogP contribution in [-0.2, 0) is 22.7 Å². The number of hydrogen-bond acceptors (Lipinski definition) is 5. The van der Waals surface area contributed by atoms with Crippen LogP contribution in [0.2, 0.25) is 0 Å². The molecule has 2 amide bonds. The summed E-state index contributed by atoms with van der Waals surface area (Å²) in [7, 11) is 0. The van der Waals surface area contributed by atoms with Crippen LogP contribution in [0.25, 0.3) is 0 Å². The Bertz CT molecular complexity index is 964. The smallest absolute Gasteiger partial charge is 0.406 e. The molecule has 29 heavy (non-hydrogen) atoms. The Hall–Kier alpha value is -2.52. The van der Waals surface area contributed by atoms with Crippen LogP contribution < -0.4 is 10.1 Å². The molecule has 0 aromatic heterocycles. The van der Waals surface area contributed by atoms with Gasteiger partial charge in [0.2, 0.25) is 11.8 Å². The van der Waals surface area contributed by atoms with Crippen molar-refractivity contribution in [3.05, 3.63) is 59.2 Å². The van der Waals surface area contributed by atoms with Crippen LogP contribution in [0.15, 0.2) is 47.4 Å². The zero-order valence-electron chi connectivity index (χ0n) is 15.2. The number of ether oxygens (including phenoxy) is 1. The van der Waals surface area contributed by atoms with Crippen LogP contribution >= 0.6 is 11.9 Å². The fourth-order valence-corrected chi connectivity index (χ4v) is 4.57. The molecule has 1 unspecified atom stereocenters. The Balaban J connectivity index is 1.44. The number of rotatable bonds is 4. The summed E-state index contributed by atoms with van der Waals surface area (Å²) in [5.74, 6) is -1.10. The molecule has 2 aromatic carbocycles. The molecule has 4 rings (SSSR count). The highest BCUT2D eigenvalue weighted by Gasteiger charge is 2.32. The van der Waals surface area contributed by atoms with Gasteiger partial charge < -0.3 is 4.74 Å². The second-order valence-electron chi connectivity index (χ2n) is 6.94. The molecule has 1 fully saturated rings. The largest absolute Gasteiger partial charge is 0.573 e. The van der Waals surface area contributed by atoms with Crippen molar-refractivity contribution in [2.24, 2.45) is 0 Å². The number of alkyl halides is 3. The van der Waals surface area contributed by atoms with E-state index in [1.54, 1.807) is 6.07 Å². The molecule has 2 aliphatic heterocycles. The zero-order valence-corrected chi connectivity index (χ0v) is 16.0. The molecule has 152 valence electrons. The number of benzene rings is 2. The molecule has 5 nitrogen and oxygen atoms in total. The number of nitrogens with zero attached hydrogens (tertiary/aromatic N) is 1. The third kappa shape index (κ3) is 4.73. The first-order valence-corrected chi connectivity index (χ1v) is 9.78. The number of halogens is 3. The van der Waals surface area contributed by atoms with Gasteiger partial charge in [0.05, 0.1) is 5.92 Å². The van der Waals surface area contributed by atoms with Crippen LogP contribution in [0.1, 0.15) is 35.4 Å². The Labute approximate surface area is 169 Å². The van der Waals surface area contributed by atoms with E-state index >= 15 is 0 Å². The number of hydrogen-bond donors (Lipinski definition) is 1. The van der Waals surface area contributed by atoms with E-state index in [0.29, 0.717) is 30.8 Å². The highest BCUT2D eigenvalue weighted by molar-refractivity contribution is 7.97. The molecule has 0 saturated carbocycles. The van der Waals surface area contributed by atoms with Crippen molar-refractivity contribution in [2.45, 2.75) is 43.1 Å². The third-order valence-electron chi connectivity index (χ3n) is 4.84. The van der Waals surface area contributed by atoms with Gasteiger partial charge in [-0.3, -0.25) is 14.9 Å². The number of carbonyl (C=O) groups excluding carboxylic acids is 2. The minimum atomic E-state index is -4.72. The van der Waals surface area contributed by atoms with E-state index in [0.717, 1.165) is 16.7 Å². The molecule has 2 aromatic rings. The van der Waals surface area contributed by atoms with Gasteiger partial charge in [-0.1, -0.05) is 24.3 Å². The lowest BCUT2D eigenvalue weighted by molar-refractivity contribution is -0.274. The maximum Gasteiger partial charge on any atom is 0.573 e. The molecule has 2 aliphatic rings. The Morgan fingerprint density at radius 2 is 1.86 bits per heavy atom. The first-order chi connectivity index (χ1) is 13.8. The predicted molar refractivity (Wildman–Crippen MR) is 99.8 cm³/mol. The number of nitrogens with one attached hydrogen (secondary N) is 1. The molecule has 0 aliphatic carbocycles. The van der Waals surface area contributed by atoms with Gasteiger partial charge >= 0.3 is 6.36 Å². The van der Waals surface area contributed by atoms with Gasteiger partial charge in [-0.15, -0.1) is 13.2 Å². The second-order valence-corrected chi connectivity index (χ2v) is 8.11. The van der Waals surface area contributed by atoms with Crippen LogP contribution in [-0.4, -0.2) is 22.5 Å². The van der Waals surface area contributed by atoms with E-state index in [1.807, 2.05) is 22.5 Å². The quantitative estimate of drug-likeness (QED) is 0.593. The monoisotopic (exact) mass is 422 g/mol. The van der Waals surface area contributed by atoms with Gasteiger partial charge in [-0.05, 0) is 53.3 Å². The van der Waals surface area contributed by atoms with Crippen molar-refractivity contribution in [3.8, 4) is 5.75 Å². The SMILES string of the molecule is O=C1CCC(c2ccc3c(c2)CN(Sc2cccc(OC(F)(F)F)c2)C3)C(=O)N1. The summed E-state index contributed by atoms with van der Waals surface area (Å²) in [6.07, 6.45) is -3.90. The number of fused-ring (bicyclic) bond motifs is 1. The van der Waals surface area contributed by atoms with Crippen LogP contribution in [0.4, 0.5) is 13.2 Å². The van der Waals surface area contributed by atoms with E-state index in [-0.39, 0.29) is 23.5 Å². The lowest BCUT2D eigenvalue weighted by Crippen LogP contribution is -2.39. The maximum atomic E-state index is 12.4. The van der Waals surface area contributed by atoms with E-state index in [4.69, 9.17) is 0 Å². The summed E-state index contributed by atoms with van der Waals surface area (Å²) in [6.45, 7) is 1.24. The lowest BCUT2D eigenvalue weighted by Gasteiger charge is -2.21. The van der Waals surface area contributed by atoms with Gasteiger partial charge in [0.15, 0.2) is 0 Å². The van der Waals surface area contributed by atoms with Crippen molar-refractivity contribution in [2.75, 3.05) is 0 Å². The minimum absolute atomic E-state index is 0.244. The van der Waals surface area contributed by atoms with Crippen molar-refractivity contribution in [3.63, 3.8) is 0 Å². The van der Waals surface area contributed by atoms with Crippen molar-refractivity contribution < 1.29 is 27.5 Å². The summed E-state index contributed by atoms with van der Waals surface area (Å²) in [5.41, 5.74) is 3.06. The van der Waals surface area contributed by atoms with Gasteiger partial charge in [-0.25, -0.2) is 4.31 Å². The van der Waals surface area contributed by atoms with Gasteiger partial charge in [0.25, 0.3) is 0 Å². The molecule has 0 spiro atoms. The van der Waals surface area contributed by atoms with Gasteiger partial charge in [0.1, 0.15) is 5.75 Å². The molecular formula is C20H17F3N2O3S. The summed E-state index contributed by atoms with van der Waals surface area (Å²) < 4.78 is 43.2. The minimum Gasteiger partial charge on any atom is -0.406 e. The van der Waals surface area contributed by atoms with Crippen LogP contribution in [0.5, 0.6) is 5.75 Å². The van der Waals surface area contributed by atoms with E-state index in [1.165, 1.54) is 30.1 Å². The van der Waals surface area contributed by atoms with Crippen molar-refractivity contribution in [1.29, 1.82) is 0 Å². The predicted octanol–water partition coefficient (Wildman–Crippen LogP) is 4.13. The average molecular weight is 422 g/mol. The highest BCUT2D eigenvalue weighted by atomic mass is 32.2.